The second-order valence-electron chi connectivity index (χ2n) is 8.66. The molecule has 0 bridgehead atoms. The van der Waals surface area contributed by atoms with Gasteiger partial charge in [0.2, 0.25) is 0 Å². The fourth-order valence-electron chi connectivity index (χ4n) is 4.96. The second-order valence-corrected chi connectivity index (χ2v) is 8.66. The van der Waals surface area contributed by atoms with Crippen LogP contribution in [0.2, 0.25) is 0 Å². The van der Waals surface area contributed by atoms with Crippen LogP contribution in [0, 0.1) is 5.41 Å². The minimum Gasteiger partial charge on any atom is -0.369 e. The predicted molar refractivity (Wildman–Crippen MR) is 129 cm³/mol. The Bertz CT molecular complexity index is 638. The highest BCUT2D eigenvalue weighted by molar-refractivity contribution is 14.0. The summed E-state index contributed by atoms with van der Waals surface area (Å²) in [5.41, 5.74) is 1.97. The first kappa shape index (κ1) is 21.7. The van der Waals surface area contributed by atoms with Gasteiger partial charge in [-0.1, -0.05) is 24.6 Å². The van der Waals surface area contributed by atoms with Gasteiger partial charge in [0.05, 0.1) is 0 Å². The molecule has 1 aromatic carbocycles. The normalized spacial score (nSPS) is 23.3. The van der Waals surface area contributed by atoms with Crippen LogP contribution in [0.5, 0.6) is 0 Å². The molecule has 2 aliphatic heterocycles. The number of piperazine rings is 1. The van der Waals surface area contributed by atoms with Gasteiger partial charge >= 0.3 is 0 Å². The number of guanidine groups is 1. The number of likely N-dealkylation sites (tertiary alicyclic amines) is 1. The molecule has 3 aliphatic rings. The molecule has 3 fully saturated rings. The van der Waals surface area contributed by atoms with Crippen molar-refractivity contribution in [2.24, 2.45) is 10.4 Å². The van der Waals surface area contributed by atoms with E-state index in [0.717, 1.165) is 38.7 Å². The van der Waals surface area contributed by atoms with Gasteiger partial charge in [0.1, 0.15) is 0 Å². The van der Waals surface area contributed by atoms with E-state index >= 15 is 0 Å². The summed E-state index contributed by atoms with van der Waals surface area (Å²) in [6.07, 6.45) is 5.61. The maximum absolute atomic E-state index is 4.57. The van der Waals surface area contributed by atoms with E-state index in [0.29, 0.717) is 11.5 Å². The van der Waals surface area contributed by atoms with Gasteiger partial charge in [-0.25, -0.2) is 0 Å². The van der Waals surface area contributed by atoms with E-state index in [1.807, 2.05) is 7.05 Å². The monoisotopic (exact) mass is 497 g/mol. The van der Waals surface area contributed by atoms with Crippen molar-refractivity contribution in [2.45, 2.75) is 38.6 Å². The molecule has 1 aromatic rings. The second kappa shape index (κ2) is 9.65. The third-order valence-electron chi connectivity index (χ3n) is 6.98. The number of hydrogen-bond acceptors (Lipinski definition) is 3. The van der Waals surface area contributed by atoms with Crippen LogP contribution in [0.15, 0.2) is 35.3 Å². The number of benzene rings is 1. The van der Waals surface area contributed by atoms with Crippen molar-refractivity contribution in [3.63, 3.8) is 0 Å². The van der Waals surface area contributed by atoms with Crippen molar-refractivity contribution in [3.05, 3.63) is 30.3 Å². The Hall–Kier alpha value is -1.02. The minimum atomic E-state index is 0. The minimum absolute atomic E-state index is 0. The number of nitrogens with one attached hydrogen (secondary N) is 1. The summed E-state index contributed by atoms with van der Waals surface area (Å²) in [5.74, 6) is 1.11. The van der Waals surface area contributed by atoms with Gasteiger partial charge in [0, 0.05) is 64.6 Å². The van der Waals surface area contributed by atoms with E-state index in [1.165, 1.54) is 44.5 Å². The van der Waals surface area contributed by atoms with E-state index in [9.17, 15) is 0 Å². The average Bonchev–Trinajstić information content (AvgIpc) is 3.15. The first-order valence-corrected chi connectivity index (χ1v) is 10.7. The Morgan fingerprint density at radius 1 is 1.07 bits per heavy atom. The maximum Gasteiger partial charge on any atom is 0.193 e. The van der Waals surface area contributed by atoms with Gasteiger partial charge in [0.25, 0.3) is 0 Å². The van der Waals surface area contributed by atoms with Gasteiger partial charge in [0.15, 0.2) is 5.96 Å². The first-order chi connectivity index (χ1) is 13.2. The molecule has 2 heterocycles. The average molecular weight is 497 g/mol. The summed E-state index contributed by atoms with van der Waals surface area (Å²) in [6, 6.07) is 11.3. The smallest absolute Gasteiger partial charge is 0.193 e. The molecule has 5 nitrogen and oxygen atoms in total. The molecule has 1 unspecified atom stereocenters. The maximum atomic E-state index is 4.57. The lowest BCUT2D eigenvalue weighted by molar-refractivity contribution is 0.151. The molecule has 1 saturated carbocycles. The number of anilines is 1. The van der Waals surface area contributed by atoms with Crippen LogP contribution in [0.3, 0.4) is 0 Å². The highest BCUT2D eigenvalue weighted by Crippen LogP contribution is 2.47. The van der Waals surface area contributed by atoms with E-state index in [4.69, 9.17) is 0 Å². The van der Waals surface area contributed by atoms with Gasteiger partial charge < -0.3 is 15.1 Å². The van der Waals surface area contributed by atoms with Gasteiger partial charge in [-0.15, -0.1) is 24.0 Å². The Morgan fingerprint density at radius 3 is 2.36 bits per heavy atom. The van der Waals surface area contributed by atoms with Crippen LogP contribution in [0.25, 0.3) is 0 Å². The SMILES string of the molecule is CN=C(NCC(C)N1CCN(c2ccccc2)CC1)N1CCC2(CCC2)C1.I. The van der Waals surface area contributed by atoms with E-state index in [2.05, 4.69) is 62.3 Å². The number of nitrogens with zero attached hydrogens (tertiary/aromatic N) is 4. The van der Waals surface area contributed by atoms with Crippen LogP contribution in [0.1, 0.15) is 32.6 Å². The third-order valence-corrected chi connectivity index (χ3v) is 6.98. The largest absolute Gasteiger partial charge is 0.369 e. The van der Waals surface area contributed by atoms with Crippen LogP contribution in [0.4, 0.5) is 5.69 Å². The molecule has 4 rings (SSSR count). The molecule has 0 aromatic heterocycles. The summed E-state index contributed by atoms with van der Waals surface area (Å²) >= 11 is 0. The molecule has 1 N–H and O–H groups in total. The molecule has 1 spiro atoms. The zero-order chi connectivity index (χ0) is 18.7. The molecule has 1 atom stereocenters. The molecule has 2 saturated heterocycles. The van der Waals surface area contributed by atoms with Crippen molar-refractivity contribution in [1.29, 1.82) is 0 Å². The molecule has 156 valence electrons. The molecule has 1 aliphatic carbocycles. The zero-order valence-corrected chi connectivity index (χ0v) is 19.8. The zero-order valence-electron chi connectivity index (χ0n) is 17.4. The van der Waals surface area contributed by atoms with Crippen molar-refractivity contribution in [1.82, 2.24) is 15.1 Å². The van der Waals surface area contributed by atoms with Gasteiger partial charge in [-0.05, 0) is 43.7 Å². The standard InChI is InChI=1S/C22H35N5.HI/c1-19(25-13-15-26(16-14-25)20-7-4-3-5-8-20)17-24-21(23-2)27-12-11-22(18-27)9-6-10-22;/h3-5,7-8,19H,6,9-18H2,1-2H3,(H,23,24);1H. The van der Waals surface area contributed by atoms with Gasteiger partial charge in [-0.3, -0.25) is 9.89 Å². The third kappa shape index (κ3) is 4.75. The highest BCUT2D eigenvalue weighted by atomic mass is 127. The summed E-state index contributed by atoms with van der Waals surface area (Å²) in [6.45, 7) is 10.2. The first-order valence-electron chi connectivity index (χ1n) is 10.7. The van der Waals surface area contributed by atoms with E-state index in [-0.39, 0.29) is 24.0 Å². The van der Waals surface area contributed by atoms with Crippen LogP contribution in [-0.4, -0.2) is 74.7 Å². The number of hydrogen-bond donors (Lipinski definition) is 1. The van der Waals surface area contributed by atoms with Crippen LogP contribution >= 0.6 is 24.0 Å². The van der Waals surface area contributed by atoms with Crippen LogP contribution in [-0.2, 0) is 0 Å². The summed E-state index contributed by atoms with van der Waals surface area (Å²) in [4.78, 5) is 12.2. The Labute approximate surface area is 187 Å². The lowest BCUT2D eigenvalue weighted by atomic mass is 9.68. The molecule has 6 heteroatoms. The fraction of sp³-hybridized carbons (Fsp3) is 0.682. The lowest BCUT2D eigenvalue weighted by Crippen LogP contribution is -2.53. The Balaban J connectivity index is 0.00000225. The van der Waals surface area contributed by atoms with Crippen molar-refractivity contribution >= 4 is 35.6 Å². The quantitative estimate of drug-likeness (QED) is 0.394. The van der Waals surface area contributed by atoms with E-state index < -0.39 is 0 Å². The molecule has 28 heavy (non-hydrogen) atoms. The summed E-state index contributed by atoms with van der Waals surface area (Å²) < 4.78 is 0. The summed E-state index contributed by atoms with van der Waals surface area (Å²) in [5, 5.41) is 3.66. The number of halogens is 1. The van der Waals surface area contributed by atoms with Crippen molar-refractivity contribution in [2.75, 3.05) is 57.8 Å². The fourth-order valence-corrected chi connectivity index (χ4v) is 4.96. The Kier molecular flexibility index (Phi) is 7.48. The topological polar surface area (TPSA) is 34.1 Å². The molecule has 0 radical (unpaired) electrons. The van der Waals surface area contributed by atoms with Gasteiger partial charge in [-0.2, -0.15) is 0 Å². The van der Waals surface area contributed by atoms with E-state index in [1.54, 1.807) is 0 Å². The molecular weight excluding hydrogens is 461 g/mol. The number of rotatable bonds is 4. The summed E-state index contributed by atoms with van der Waals surface area (Å²) in [7, 11) is 1.93. The van der Waals surface area contributed by atoms with Crippen LogP contribution < -0.4 is 10.2 Å². The molecule has 0 amide bonds. The highest BCUT2D eigenvalue weighted by Gasteiger charge is 2.43. The lowest BCUT2D eigenvalue weighted by Gasteiger charge is -2.40. The molecular formula is C22H36IN5. The number of aliphatic imine (C=N–C) groups is 1. The predicted octanol–water partition coefficient (Wildman–Crippen LogP) is 3.27. The van der Waals surface area contributed by atoms with Crippen molar-refractivity contribution < 1.29 is 0 Å². The number of para-hydroxylation sites is 1. The Morgan fingerprint density at radius 2 is 1.79 bits per heavy atom. The van der Waals surface area contributed by atoms with Crippen molar-refractivity contribution in [3.8, 4) is 0 Å².